The number of halogens is 2. The highest BCUT2D eigenvalue weighted by atomic mass is 32.1. The monoisotopic (exact) mass is 313 g/mol. The number of thiophene rings is 1. The molecule has 0 radical (unpaired) electrons. The van der Waals surface area contributed by atoms with Gasteiger partial charge in [0, 0.05) is 17.5 Å². The van der Waals surface area contributed by atoms with Gasteiger partial charge in [0.2, 0.25) is 0 Å². The molecule has 2 aromatic rings. The van der Waals surface area contributed by atoms with Crippen LogP contribution in [0, 0.1) is 18.6 Å². The maximum Gasteiger partial charge on any atom is 0.146 e. The second-order valence-corrected chi connectivity index (χ2v) is 5.74. The minimum absolute atomic E-state index is 0.0374. The van der Waals surface area contributed by atoms with E-state index in [0.29, 0.717) is 6.61 Å². The predicted octanol–water partition coefficient (Wildman–Crippen LogP) is 3.32. The van der Waals surface area contributed by atoms with Crippen LogP contribution in [-0.4, -0.2) is 24.4 Å². The van der Waals surface area contributed by atoms with Gasteiger partial charge in [-0.2, -0.15) is 0 Å². The first-order valence-electron chi connectivity index (χ1n) is 6.54. The Bertz CT molecular complexity index is 575. The molecule has 0 aliphatic rings. The highest BCUT2D eigenvalue weighted by molar-refractivity contribution is 7.09. The number of hydrogen-bond donors (Lipinski definition) is 2. The molecular weight excluding hydrogens is 296 g/mol. The molecule has 1 aromatic heterocycles. The summed E-state index contributed by atoms with van der Waals surface area (Å²) in [6.07, 6.45) is -0.797. The molecule has 0 saturated carbocycles. The summed E-state index contributed by atoms with van der Waals surface area (Å²) in [7, 11) is 0. The van der Waals surface area contributed by atoms with Crippen molar-refractivity contribution in [2.45, 2.75) is 19.6 Å². The van der Waals surface area contributed by atoms with Gasteiger partial charge in [-0.15, -0.1) is 11.3 Å². The molecular formula is C15H17F2NO2S. The van der Waals surface area contributed by atoms with Crippen LogP contribution >= 0.6 is 11.3 Å². The Morgan fingerprint density at radius 1 is 1.33 bits per heavy atom. The lowest BCUT2D eigenvalue weighted by atomic mass is 10.2. The SMILES string of the molecule is Cc1cc(F)c(NCC(O)COCc2cccs2)cc1F. The van der Waals surface area contributed by atoms with Gasteiger partial charge < -0.3 is 15.2 Å². The van der Waals surface area contributed by atoms with Crippen LogP contribution in [0.4, 0.5) is 14.5 Å². The zero-order chi connectivity index (χ0) is 15.2. The van der Waals surface area contributed by atoms with E-state index in [0.717, 1.165) is 17.0 Å². The summed E-state index contributed by atoms with van der Waals surface area (Å²) in [6.45, 7) is 2.14. The third kappa shape index (κ3) is 4.77. The van der Waals surface area contributed by atoms with E-state index in [1.165, 1.54) is 6.92 Å². The maximum absolute atomic E-state index is 13.6. The van der Waals surface area contributed by atoms with Crippen molar-refractivity contribution < 1.29 is 18.6 Å². The van der Waals surface area contributed by atoms with Crippen molar-refractivity contribution in [1.29, 1.82) is 0 Å². The molecule has 21 heavy (non-hydrogen) atoms. The summed E-state index contributed by atoms with van der Waals surface area (Å²) < 4.78 is 32.3. The number of rotatable bonds is 7. The van der Waals surface area contributed by atoms with Gasteiger partial charge in [0.1, 0.15) is 11.6 Å². The number of benzene rings is 1. The molecule has 0 aliphatic carbocycles. The highest BCUT2D eigenvalue weighted by Gasteiger charge is 2.10. The van der Waals surface area contributed by atoms with Crippen LogP contribution in [0.2, 0.25) is 0 Å². The van der Waals surface area contributed by atoms with Gasteiger partial charge in [0.25, 0.3) is 0 Å². The van der Waals surface area contributed by atoms with Crippen molar-refractivity contribution in [3.63, 3.8) is 0 Å². The molecule has 0 aliphatic heterocycles. The van der Waals surface area contributed by atoms with Crippen molar-refractivity contribution >= 4 is 17.0 Å². The third-order valence-corrected chi connectivity index (χ3v) is 3.76. The Kier molecular flexibility index (Phi) is 5.67. The summed E-state index contributed by atoms with van der Waals surface area (Å²) in [5.41, 5.74) is 0.285. The van der Waals surface area contributed by atoms with Crippen LogP contribution in [0.15, 0.2) is 29.6 Å². The fraction of sp³-hybridized carbons (Fsp3) is 0.333. The Hall–Kier alpha value is -1.50. The number of anilines is 1. The molecule has 0 bridgehead atoms. The maximum atomic E-state index is 13.6. The Labute approximate surface area is 126 Å². The molecule has 1 unspecified atom stereocenters. The van der Waals surface area contributed by atoms with E-state index in [-0.39, 0.29) is 24.4 Å². The summed E-state index contributed by atoms with van der Waals surface area (Å²) in [5, 5.41) is 14.4. The molecule has 6 heteroatoms. The average Bonchev–Trinajstić information content (AvgIpc) is 2.94. The van der Waals surface area contributed by atoms with Crippen molar-refractivity contribution in [2.75, 3.05) is 18.5 Å². The number of aliphatic hydroxyl groups excluding tert-OH is 1. The minimum Gasteiger partial charge on any atom is -0.389 e. The van der Waals surface area contributed by atoms with Crippen LogP contribution in [0.5, 0.6) is 0 Å². The van der Waals surface area contributed by atoms with Crippen molar-refractivity contribution in [3.05, 3.63) is 51.7 Å². The third-order valence-electron chi connectivity index (χ3n) is 2.91. The molecule has 0 amide bonds. The predicted molar refractivity (Wildman–Crippen MR) is 79.6 cm³/mol. The molecule has 0 fully saturated rings. The average molecular weight is 313 g/mol. The number of ether oxygens (including phenoxy) is 1. The number of nitrogens with one attached hydrogen (secondary N) is 1. The summed E-state index contributed by atoms with van der Waals surface area (Å²) in [5.74, 6) is -1.03. The smallest absolute Gasteiger partial charge is 0.146 e. The van der Waals surface area contributed by atoms with Crippen LogP contribution in [0.1, 0.15) is 10.4 Å². The Morgan fingerprint density at radius 3 is 2.86 bits per heavy atom. The first-order valence-corrected chi connectivity index (χ1v) is 7.42. The van der Waals surface area contributed by atoms with E-state index in [9.17, 15) is 13.9 Å². The zero-order valence-corrected chi connectivity index (χ0v) is 12.4. The van der Waals surface area contributed by atoms with Crippen LogP contribution in [-0.2, 0) is 11.3 Å². The van der Waals surface area contributed by atoms with Crippen LogP contribution in [0.25, 0.3) is 0 Å². The first-order chi connectivity index (χ1) is 10.1. The molecule has 1 aromatic carbocycles. The van der Waals surface area contributed by atoms with E-state index >= 15 is 0 Å². The largest absolute Gasteiger partial charge is 0.389 e. The molecule has 0 saturated heterocycles. The number of aliphatic hydroxyl groups is 1. The van der Waals surface area contributed by atoms with Gasteiger partial charge in [0.05, 0.1) is 25.0 Å². The topological polar surface area (TPSA) is 41.5 Å². The van der Waals surface area contributed by atoms with E-state index < -0.39 is 17.7 Å². The lowest BCUT2D eigenvalue weighted by Gasteiger charge is -2.14. The number of hydrogen-bond acceptors (Lipinski definition) is 4. The van der Waals surface area contributed by atoms with Crippen LogP contribution < -0.4 is 5.32 Å². The normalized spacial score (nSPS) is 12.4. The number of aryl methyl sites for hydroxylation is 1. The molecule has 1 heterocycles. The van der Waals surface area contributed by atoms with Gasteiger partial charge in [-0.1, -0.05) is 6.07 Å². The van der Waals surface area contributed by atoms with Crippen molar-refractivity contribution in [3.8, 4) is 0 Å². The van der Waals surface area contributed by atoms with E-state index in [1.807, 2.05) is 17.5 Å². The van der Waals surface area contributed by atoms with Crippen LogP contribution in [0.3, 0.4) is 0 Å². The van der Waals surface area contributed by atoms with Gasteiger partial charge in [-0.05, 0) is 30.0 Å². The van der Waals surface area contributed by atoms with Gasteiger partial charge in [-0.25, -0.2) is 8.78 Å². The standard InChI is InChI=1S/C15H17F2NO2S/c1-10-5-14(17)15(6-13(10)16)18-7-11(19)8-20-9-12-3-2-4-21-12/h2-6,11,18-19H,7-9H2,1H3. The Morgan fingerprint density at radius 2 is 2.14 bits per heavy atom. The zero-order valence-electron chi connectivity index (χ0n) is 11.6. The fourth-order valence-electron chi connectivity index (χ4n) is 1.76. The van der Waals surface area contributed by atoms with Crippen molar-refractivity contribution in [2.24, 2.45) is 0 Å². The lowest BCUT2D eigenvalue weighted by molar-refractivity contribution is 0.0358. The second kappa shape index (κ2) is 7.49. The van der Waals surface area contributed by atoms with E-state index in [2.05, 4.69) is 5.32 Å². The Balaban J connectivity index is 1.76. The van der Waals surface area contributed by atoms with Gasteiger partial charge in [-0.3, -0.25) is 0 Å². The van der Waals surface area contributed by atoms with E-state index in [4.69, 9.17) is 4.74 Å². The highest BCUT2D eigenvalue weighted by Crippen LogP contribution is 2.18. The molecule has 3 nitrogen and oxygen atoms in total. The lowest BCUT2D eigenvalue weighted by Crippen LogP contribution is -2.25. The quantitative estimate of drug-likeness (QED) is 0.824. The first kappa shape index (κ1) is 15.9. The summed E-state index contributed by atoms with van der Waals surface area (Å²) in [6, 6.07) is 6.08. The molecule has 0 spiro atoms. The summed E-state index contributed by atoms with van der Waals surface area (Å²) in [4.78, 5) is 1.07. The molecule has 1 atom stereocenters. The molecule has 2 rings (SSSR count). The van der Waals surface area contributed by atoms with Crippen molar-refractivity contribution in [1.82, 2.24) is 0 Å². The molecule has 114 valence electrons. The van der Waals surface area contributed by atoms with Gasteiger partial charge >= 0.3 is 0 Å². The second-order valence-electron chi connectivity index (χ2n) is 4.71. The summed E-state index contributed by atoms with van der Waals surface area (Å²) >= 11 is 1.58. The minimum atomic E-state index is -0.797. The fourth-order valence-corrected chi connectivity index (χ4v) is 2.40. The van der Waals surface area contributed by atoms with Gasteiger partial charge in [0.15, 0.2) is 0 Å². The molecule has 2 N–H and O–H groups in total. The van der Waals surface area contributed by atoms with E-state index in [1.54, 1.807) is 11.3 Å².